The standard InChI is InChI=1S/C9H18N2O2/c1-8(9(12)13)11-5-3-4-10(2)6-7-11/h8H,3-7H2,1-2H3,(H,12,13). The number of rotatable bonds is 2. The Balaban J connectivity index is 2.46. The molecule has 13 heavy (non-hydrogen) atoms. The van der Waals surface area contributed by atoms with Gasteiger partial charge in [-0.2, -0.15) is 0 Å². The van der Waals surface area contributed by atoms with Gasteiger partial charge < -0.3 is 10.0 Å². The Morgan fingerprint density at radius 3 is 2.62 bits per heavy atom. The number of carboxylic acids is 1. The summed E-state index contributed by atoms with van der Waals surface area (Å²) < 4.78 is 0. The van der Waals surface area contributed by atoms with E-state index in [-0.39, 0.29) is 6.04 Å². The van der Waals surface area contributed by atoms with Crippen molar-refractivity contribution in [3.63, 3.8) is 0 Å². The average molecular weight is 186 g/mol. The lowest BCUT2D eigenvalue weighted by Crippen LogP contribution is -2.41. The Morgan fingerprint density at radius 1 is 1.31 bits per heavy atom. The molecule has 1 rings (SSSR count). The van der Waals surface area contributed by atoms with Crippen LogP contribution in [0.3, 0.4) is 0 Å². The first-order valence-electron chi connectivity index (χ1n) is 4.76. The second-order valence-corrected chi connectivity index (χ2v) is 3.71. The molecule has 0 aromatic carbocycles. The van der Waals surface area contributed by atoms with Gasteiger partial charge in [0, 0.05) is 19.6 Å². The van der Waals surface area contributed by atoms with Gasteiger partial charge >= 0.3 is 5.97 Å². The zero-order chi connectivity index (χ0) is 9.84. The molecule has 0 aromatic rings. The molecule has 1 atom stereocenters. The fourth-order valence-electron chi connectivity index (χ4n) is 1.61. The van der Waals surface area contributed by atoms with Crippen LogP contribution in [-0.4, -0.2) is 60.1 Å². The zero-order valence-electron chi connectivity index (χ0n) is 8.36. The summed E-state index contributed by atoms with van der Waals surface area (Å²) in [4.78, 5) is 15.0. The van der Waals surface area contributed by atoms with E-state index in [2.05, 4.69) is 11.9 Å². The van der Waals surface area contributed by atoms with E-state index in [0.717, 1.165) is 32.6 Å². The highest BCUT2D eigenvalue weighted by Gasteiger charge is 2.21. The largest absolute Gasteiger partial charge is 0.480 e. The fourth-order valence-corrected chi connectivity index (χ4v) is 1.61. The van der Waals surface area contributed by atoms with Crippen LogP contribution in [0.2, 0.25) is 0 Å². The Bertz CT molecular complexity index is 184. The normalized spacial score (nSPS) is 23.8. The minimum atomic E-state index is -0.718. The van der Waals surface area contributed by atoms with Crippen molar-refractivity contribution in [2.75, 3.05) is 33.2 Å². The first-order chi connectivity index (χ1) is 6.11. The van der Waals surface area contributed by atoms with Crippen molar-refractivity contribution in [2.45, 2.75) is 19.4 Å². The van der Waals surface area contributed by atoms with Crippen LogP contribution >= 0.6 is 0 Å². The fraction of sp³-hybridized carbons (Fsp3) is 0.889. The molecule has 1 N–H and O–H groups in total. The molecule has 0 saturated carbocycles. The number of hydrogen-bond acceptors (Lipinski definition) is 3. The molecule has 1 unspecified atom stereocenters. The molecule has 1 heterocycles. The summed E-state index contributed by atoms with van der Waals surface area (Å²) in [7, 11) is 2.08. The van der Waals surface area contributed by atoms with E-state index in [1.165, 1.54) is 0 Å². The van der Waals surface area contributed by atoms with Gasteiger partial charge in [-0.3, -0.25) is 9.69 Å². The molecular formula is C9H18N2O2. The van der Waals surface area contributed by atoms with E-state index < -0.39 is 5.97 Å². The van der Waals surface area contributed by atoms with Crippen molar-refractivity contribution < 1.29 is 9.90 Å². The molecule has 0 amide bonds. The lowest BCUT2D eigenvalue weighted by molar-refractivity contribution is -0.142. The van der Waals surface area contributed by atoms with E-state index in [1.54, 1.807) is 6.92 Å². The number of likely N-dealkylation sites (N-methyl/N-ethyl adjacent to an activating group) is 1. The number of carboxylic acid groups (broad SMARTS) is 1. The van der Waals surface area contributed by atoms with Crippen molar-refractivity contribution in [3.05, 3.63) is 0 Å². The lowest BCUT2D eigenvalue weighted by atomic mass is 10.2. The molecule has 0 aliphatic carbocycles. The van der Waals surface area contributed by atoms with Crippen molar-refractivity contribution in [1.29, 1.82) is 0 Å². The first kappa shape index (κ1) is 10.5. The van der Waals surface area contributed by atoms with E-state index in [0.29, 0.717) is 0 Å². The molecule has 1 aliphatic rings. The molecule has 1 aliphatic heterocycles. The van der Waals surface area contributed by atoms with Crippen molar-refractivity contribution in [3.8, 4) is 0 Å². The highest BCUT2D eigenvalue weighted by atomic mass is 16.4. The molecule has 4 nitrogen and oxygen atoms in total. The minimum absolute atomic E-state index is 0.341. The third-order valence-corrected chi connectivity index (χ3v) is 2.66. The predicted molar refractivity (Wildman–Crippen MR) is 50.8 cm³/mol. The second kappa shape index (κ2) is 4.58. The molecule has 76 valence electrons. The van der Waals surface area contributed by atoms with Crippen LogP contribution in [0.5, 0.6) is 0 Å². The molecule has 1 fully saturated rings. The maximum Gasteiger partial charge on any atom is 0.320 e. The molecule has 0 aromatic heterocycles. The Morgan fingerprint density at radius 2 is 2.00 bits per heavy atom. The van der Waals surface area contributed by atoms with E-state index in [9.17, 15) is 4.79 Å². The van der Waals surface area contributed by atoms with Gasteiger partial charge in [0.25, 0.3) is 0 Å². The molecule has 0 spiro atoms. The van der Waals surface area contributed by atoms with Gasteiger partial charge in [-0.05, 0) is 26.9 Å². The van der Waals surface area contributed by atoms with Gasteiger partial charge in [0.2, 0.25) is 0 Å². The maximum atomic E-state index is 10.7. The first-order valence-corrected chi connectivity index (χ1v) is 4.76. The number of aliphatic carboxylic acids is 1. The molecule has 4 heteroatoms. The van der Waals surface area contributed by atoms with Crippen LogP contribution in [-0.2, 0) is 4.79 Å². The van der Waals surface area contributed by atoms with Gasteiger partial charge in [0.15, 0.2) is 0 Å². The lowest BCUT2D eigenvalue weighted by Gasteiger charge is -2.23. The van der Waals surface area contributed by atoms with Gasteiger partial charge in [0.05, 0.1) is 0 Å². The van der Waals surface area contributed by atoms with Crippen molar-refractivity contribution >= 4 is 5.97 Å². The average Bonchev–Trinajstić information content (AvgIpc) is 2.28. The molecule has 0 bridgehead atoms. The van der Waals surface area contributed by atoms with Crippen molar-refractivity contribution in [2.24, 2.45) is 0 Å². The topological polar surface area (TPSA) is 43.8 Å². The van der Waals surface area contributed by atoms with Crippen LogP contribution in [0, 0.1) is 0 Å². The van der Waals surface area contributed by atoms with Gasteiger partial charge in [-0.1, -0.05) is 0 Å². The van der Waals surface area contributed by atoms with Crippen LogP contribution in [0.1, 0.15) is 13.3 Å². The quantitative estimate of drug-likeness (QED) is 0.664. The summed E-state index contributed by atoms with van der Waals surface area (Å²) in [5.41, 5.74) is 0. The summed E-state index contributed by atoms with van der Waals surface area (Å²) in [6, 6.07) is -0.341. The van der Waals surface area contributed by atoms with Crippen LogP contribution in [0.15, 0.2) is 0 Å². The van der Waals surface area contributed by atoms with Crippen LogP contribution in [0.4, 0.5) is 0 Å². The predicted octanol–water partition coefficient (Wildman–Crippen LogP) is 0.0970. The summed E-state index contributed by atoms with van der Waals surface area (Å²) in [6.45, 7) is 5.57. The smallest absolute Gasteiger partial charge is 0.320 e. The van der Waals surface area contributed by atoms with E-state index >= 15 is 0 Å². The summed E-state index contributed by atoms with van der Waals surface area (Å²) in [5.74, 6) is -0.718. The molecule has 1 saturated heterocycles. The van der Waals surface area contributed by atoms with Crippen LogP contribution < -0.4 is 0 Å². The summed E-state index contributed by atoms with van der Waals surface area (Å²) in [6.07, 6.45) is 1.06. The number of hydrogen-bond donors (Lipinski definition) is 1. The van der Waals surface area contributed by atoms with Gasteiger partial charge in [0.1, 0.15) is 6.04 Å². The van der Waals surface area contributed by atoms with Crippen molar-refractivity contribution in [1.82, 2.24) is 9.80 Å². The van der Waals surface area contributed by atoms with E-state index in [4.69, 9.17) is 5.11 Å². The monoisotopic (exact) mass is 186 g/mol. The van der Waals surface area contributed by atoms with Gasteiger partial charge in [-0.15, -0.1) is 0 Å². The number of nitrogens with zero attached hydrogens (tertiary/aromatic N) is 2. The Hall–Kier alpha value is -0.610. The van der Waals surface area contributed by atoms with Gasteiger partial charge in [-0.25, -0.2) is 0 Å². The second-order valence-electron chi connectivity index (χ2n) is 3.71. The molecule has 0 radical (unpaired) electrons. The molecular weight excluding hydrogens is 168 g/mol. The maximum absolute atomic E-state index is 10.7. The summed E-state index contributed by atoms with van der Waals surface area (Å²) >= 11 is 0. The Kier molecular flexibility index (Phi) is 3.69. The Labute approximate surface area is 79.1 Å². The van der Waals surface area contributed by atoms with E-state index in [1.807, 2.05) is 4.90 Å². The highest BCUT2D eigenvalue weighted by Crippen LogP contribution is 2.05. The van der Waals surface area contributed by atoms with Crippen LogP contribution in [0.25, 0.3) is 0 Å². The third-order valence-electron chi connectivity index (χ3n) is 2.66. The minimum Gasteiger partial charge on any atom is -0.480 e. The SMILES string of the molecule is CC(C(=O)O)N1CCCN(C)CC1. The summed E-state index contributed by atoms with van der Waals surface area (Å²) in [5, 5.41) is 8.84. The highest BCUT2D eigenvalue weighted by molar-refractivity contribution is 5.72. The third kappa shape index (κ3) is 2.97. The number of carbonyl (C=O) groups is 1. The zero-order valence-corrected chi connectivity index (χ0v) is 8.36.